The van der Waals surface area contributed by atoms with Gasteiger partial charge in [0, 0.05) is 51.5 Å². The van der Waals surface area contributed by atoms with Crippen LogP contribution in [0.15, 0.2) is 41.8 Å². The lowest BCUT2D eigenvalue weighted by Crippen LogP contribution is -2.53. The number of halogens is 3. The third kappa shape index (κ3) is 4.96. The summed E-state index contributed by atoms with van der Waals surface area (Å²) >= 11 is 1.44. The van der Waals surface area contributed by atoms with Crippen LogP contribution in [0.25, 0.3) is 0 Å². The number of nitrogens with zero attached hydrogens (tertiary/aromatic N) is 3. The van der Waals surface area contributed by atoms with Crippen molar-refractivity contribution in [1.29, 1.82) is 0 Å². The number of morpholine rings is 1. The number of benzene rings is 1. The molecule has 0 N–H and O–H groups in total. The molecule has 5 nitrogen and oxygen atoms in total. The molecule has 0 unspecified atom stereocenters. The number of anilines is 1. The van der Waals surface area contributed by atoms with Crippen molar-refractivity contribution in [1.82, 2.24) is 9.80 Å². The maximum Gasteiger partial charge on any atom is 0.416 e. The van der Waals surface area contributed by atoms with Crippen LogP contribution in [0.1, 0.15) is 15.2 Å². The summed E-state index contributed by atoms with van der Waals surface area (Å²) in [6, 6.07) is 9.21. The quantitative estimate of drug-likeness (QED) is 0.732. The summed E-state index contributed by atoms with van der Waals surface area (Å²) in [6.45, 7) is 5.19. The van der Waals surface area contributed by atoms with E-state index >= 15 is 0 Å². The van der Waals surface area contributed by atoms with Crippen LogP contribution < -0.4 is 4.90 Å². The second-order valence-electron chi connectivity index (χ2n) is 7.56. The first-order valence-corrected chi connectivity index (χ1v) is 10.9. The molecule has 0 saturated carbocycles. The zero-order valence-electron chi connectivity index (χ0n) is 16.5. The minimum absolute atomic E-state index is 0.0488. The van der Waals surface area contributed by atoms with Crippen molar-refractivity contribution >= 4 is 22.9 Å². The van der Waals surface area contributed by atoms with Gasteiger partial charge >= 0.3 is 6.18 Å². The van der Waals surface area contributed by atoms with E-state index in [2.05, 4.69) is 4.90 Å². The van der Waals surface area contributed by atoms with Crippen LogP contribution in [0.4, 0.5) is 18.9 Å². The molecule has 0 bridgehead atoms. The SMILES string of the molecule is O=C(c1cccs1)N1CCO[C@H](CN2CCN(c3cccc(C(F)(F)F)c3)CC2)C1. The minimum atomic E-state index is -4.33. The molecule has 2 aromatic rings. The molecule has 162 valence electrons. The van der Waals surface area contributed by atoms with E-state index in [1.165, 1.54) is 23.5 Å². The van der Waals surface area contributed by atoms with Crippen molar-refractivity contribution in [2.24, 2.45) is 0 Å². The fraction of sp³-hybridized carbons (Fsp3) is 0.476. The van der Waals surface area contributed by atoms with Gasteiger partial charge in [0.05, 0.1) is 23.2 Å². The molecule has 2 aliphatic rings. The number of piperazine rings is 1. The molecule has 0 radical (unpaired) electrons. The van der Waals surface area contributed by atoms with Crippen LogP contribution in [0.3, 0.4) is 0 Å². The van der Waals surface area contributed by atoms with Gasteiger partial charge in [-0.1, -0.05) is 12.1 Å². The standard InChI is InChI=1S/C21H24F3N3O2S/c22-21(23,24)16-3-1-4-17(13-16)26-8-6-25(7-9-26)14-18-15-27(10-11-29-18)20(28)19-5-2-12-30-19/h1-5,12-13,18H,6-11,14-15H2/t18-/m1/s1. The summed E-state index contributed by atoms with van der Waals surface area (Å²) in [6.07, 6.45) is -4.38. The number of alkyl halides is 3. The summed E-state index contributed by atoms with van der Waals surface area (Å²) < 4.78 is 44.8. The van der Waals surface area contributed by atoms with Crippen LogP contribution in [-0.4, -0.2) is 74.2 Å². The fourth-order valence-corrected chi connectivity index (χ4v) is 4.62. The van der Waals surface area contributed by atoms with Gasteiger partial charge in [-0.25, -0.2) is 0 Å². The highest BCUT2D eigenvalue weighted by molar-refractivity contribution is 7.12. The van der Waals surface area contributed by atoms with Gasteiger partial charge in [0.1, 0.15) is 0 Å². The van der Waals surface area contributed by atoms with Crippen molar-refractivity contribution in [2.75, 3.05) is 57.3 Å². The average molecular weight is 440 g/mol. The Hall–Kier alpha value is -2.10. The van der Waals surface area contributed by atoms with Crippen LogP contribution in [0, 0.1) is 0 Å². The summed E-state index contributed by atoms with van der Waals surface area (Å²) in [5.41, 5.74) is -0.0142. The Morgan fingerprint density at radius 3 is 2.60 bits per heavy atom. The third-order valence-electron chi connectivity index (χ3n) is 5.53. The highest BCUT2D eigenvalue weighted by atomic mass is 32.1. The van der Waals surface area contributed by atoms with Gasteiger partial charge in [-0.3, -0.25) is 9.69 Å². The van der Waals surface area contributed by atoms with Gasteiger partial charge in [-0.15, -0.1) is 11.3 Å². The molecule has 0 spiro atoms. The minimum Gasteiger partial charge on any atom is -0.373 e. The third-order valence-corrected chi connectivity index (χ3v) is 6.39. The molecule has 9 heteroatoms. The van der Waals surface area contributed by atoms with Gasteiger partial charge in [-0.2, -0.15) is 13.2 Å². The zero-order valence-corrected chi connectivity index (χ0v) is 17.3. The number of rotatable bonds is 4. The van der Waals surface area contributed by atoms with E-state index in [0.717, 1.165) is 24.0 Å². The molecule has 1 amide bonds. The van der Waals surface area contributed by atoms with Crippen molar-refractivity contribution in [3.05, 3.63) is 52.2 Å². The topological polar surface area (TPSA) is 36.0 Å². The lowest BCUT2D eigenvalue weighted by atomic mass is 10.1. The molecule has 2 fully saturated rings. The van der Waals surface area contributed by atoms with Gasteiger partial charge in [-0.05, 0) is 29.6 Å². The van der Waals surface area contributed by atoms with Crippen molar-refractivity contribution in [2.45, 2.75) is 12.3 Å². The molecule has 30 heavy (non-hydrogen) atoms. The molecular formula is C21H24F3N3O2S. The molecule has 0 aliphatic carbocycles. The van der Waals surface area contributed by atoms with Gasteiger partial charge in [0.2, 0.25) is 0 Å². The van der Waals surface area contributed by atoms with E-state index in [9.17, 15) is 18.0 Å². The molecule has 2 saturated heterocycles. The summed E-state index contributed by atoms with van der Waals surface area (Å²) in [7, 11) is 0. The van der Waals surface area contributed by atoms with Crippen molar-refractivity contribution < 1.29 is 22.7 Å². The van der Waals surface area contributed by atoms with E-state index in [1.54, 1.807) is 6.07 Å². The monoisotopic (exact) mass is 439 g/mol. The highest BCUT2D eigenvalue weighted by Crippen LogP contribution is 2.32. The molecule has 3 heterocycles. The van der Waals surface area contributed by atoms with Gasteiger partial charge < -0.3 is 14.5 Å². The number of amides is 1. The summed E-state index contributed by atoms with van der Waals surface area (Å²) in [5.74, 6) is 0.0488. The van der Waals surface area contributed by atoms with E-state index in [1.807, 2.05) is 27.3 Å². The Morgan fingerprint density at radius 1 is 1.10 bits per heavy atom. The Balaban J connectivity index is 1.29. The van der Waals surface area contributed by atoms with Crippen molar-refractivity contribution in [3.63, 3.8) is 0 Å². The lowest BCUT2D eigenvalue weighted by molar-refractivity contribution is -0.137. The van der Waals surface area contributed by atoms with Gasteiger partial charge in [0.25, 0.3) is 5.91 Å². The second kappa shape index (κ2) is 8.95. The van der Waals surface area contributed by atoms with E-state index in [0.29, 0.717) is 45.0 Å². The first kappa shape index (κ1) is 21.1. The predicted octanol–water partition coefficient (Wildman–Crippen LogP) is 3.43. The molecule has 1 aromatic carbocycles. The number of hydrogen-bond donors (Lipinski definition) is 0. The van der Waals surface area contributed by atoms with Crippen LogP contribution in [-0.2, 0) is 10.9 Å². The van der Waals surface area contributed by atoms with Crippen LogP contribution >= 0.6 is 11.3 Å². The van der Waals surface area contributed by atoms with Crippen LogP contribution in [0.2, 0.25) is 0 Å². The molecule has 4 rings (SSSR count). The molecule has 2 aliphatic heterocycles. The number of carbonyl (C=O) groups excluding carboxylic acids is 1. The Morgan fingerprint density at radius 2 is 1.90 bits per heavy atom. The number of hydrogen-bond acceptors (Lipinski definition) is 5. The zero-order chi connectivity index (χ0) is 21.1. The largest absolute Gasteiger partial charge is 0.416 e. The normalized spacial score (nSPS) is 21.1. The Kier molecular flexibility index (Phi) is 6.31. The second-order valence-corrected chi connectivity index (χ2v) is 8.50. The van der Waals surface area contributed by atoms with Crippen molar-refractivity contribution in [3.8, 4) is 0 Å². The van der Waals surface area contributed by atoms with Crippen LogP contribution in [0.5, 0.6) is 0 Å². The highest BCUT2D eigenvalue weighted by Gasteiger charge is 2.32. The van der Waals surface area contributed by atoms with E-state index < -0.39 is 11.7 Å². The van der Waals surface area contributed by atoms with E-state index in [4.69, 9.17) is 4.74 Å². The molecule has 1 atom stereocenters. The molecule has 1 aromatic heterocycles. The van der Waals surface area contributed by atoms with E-state index in [-0.39, 0.29) is 12.0 Å². The maximum atomic E-state index is 13.0. The smallest absolute Gasteiger partial charge is 0.373 e. The maximum absolute atomic E-state index is 13.0. The number of carbonyl (C=O) groups is 1. The first-order valence-electron chi connectivity index (χ1n) is 9.99. The Bertz CT molecular complexity index is 851. The molecular weight excluding hydrogens is 415 g/mol. The fourth-order valence-electron chi connectivity index (χ4n) is 3.93. The first-order chi connectivity index (χ1) is 14.4. The predicted molar refractivity (Wildman–Crippen MR) is 110 cm³/mol. The number of ether oxygens (including phenoxy) is 1. The summed E-state index contributed by atoms with van der Waals surface area (Å²) in [4.78, 5) is 19.4. The van der Waals surface area contributed by atoms with Gasteiger partial charge in [0.15, 0.2) is 0 Å². The summed E-state index contributed by atoms with van der Waals surface area (Å²) in [5, 5.41) is 1.90. The Labute approximate surface area is 177 Å². The average Bonchev–Trinajstić information content (AvgIpc) is 3.28. The lowest BCUT2D eigenvalue weighted by Gasteiger charge is -2.40. The number of thiophene rings is 1.